The smallest absolute Gasteiger partial charge is 0.0157 e. The summed E-state index contributed by atoms with van der Waals surface area (Å²) in [5.74, 6) is 0. The lowest BCUT2D eigenvalue weighted by molar-refractivity contribution is 0.398. The molecule has 0 aliphatic heterocycles. The van der Waals surface area contributed by atoms with E-state index >= 15 is 0 Å². The van der Waals surface area contributed by atoms with Crippen molar-refractivity contribution in [3.05, 3.63) is 12.7 Å². The molecule has 0 fully saturated rings. The van der Waals surface area contributed by atoms with E-state index < -0.39 is 0 Å². The lowest BCUT2D eigenvalue weighted by atomic mass is 10.5. The summed E-state index contributed by atoms with van der Waals surface area (Å²) in [5, 5.41) is 0. The van der Waals surface area contributed by atoms with E-state index in [9.17, 15) is 0 Å². The first-order chi connectivity index (χ1) is 3.81. The summed E-state index contributed by atoms with van der Waals surface area (Å²) in [5.41, 5.74) is 0. The lowest BCUT2D eigenvalue weighted by Gasteiger charge is -2.10. The highest BCUT2D eigenvalue weighted by atomic mass is 127. The molecule has 2 heteroatoms. The molecule has 0 aromatic rings. The molecule has 0 spiro atoms. The van der Waals surface area contributed by atoms with Gasteiger partial charge >= 0.3 is 0 Å². The SMILES string of the molecule is C=CCN(C)CCI. The molecule has 0 atom stereocenters. The molecule has 8 heavy (non-hydrogen) atoms. The van der Waals surface area contributed by atoms with Gasteiger partial charge < -0.3 is 4.90 Å². The fourth-order valence-electron chi connectivity index (χ4n) is 0.456. The van der Waals surface area contributed by atoms with Gasteiger partial charge in [-0.2, -0.15) is 0 Å². The predicted molar refractivity (Wildman–Crippen MR) is 46.6 cm³/mol. The second-order valence-electron chi connectivity index (χ2n) is 1.74. The standard InChI is InChI=1S/C6H12IN/c1-3-5-8(2)6-4-7/h3H,1,4-6H2,2H3. The number of rotatable bonds is 4. The molecule has 0 heterocycles. The van der Waals surface area contributed by atoms with Crippen LogP contribution in [0.25, 0.3) is 0 Å². The van der Waals surface area contributed by atoms with Crippen LogP contribution >= 0.6 is 22.6 Å². The van der Waals surface area contributed by atoms with Crippen molar-refractivity contribution in [3.63, 3.8) is 0 Å². The summed E-state index contributed by atoms with van der Waals surface area (Å²) < 4.78 is 1.20. The van der Waals surface area contributed by atoms with Gasteiger partial charge in [0, 0.05) is 17.5 Å². The van der Waals surface area contributed by atoms with Crippen LogP contribution in [0, 0.1) is 0 Å². The number of alkyl halides is 1. The van der Waals surface area contributed by atoms with E-state index in [1.807, 2.05) is 6.08 Å². The Morgan fingerprint density at radius 1 is 1.75 bits per heavy atom. The molecule has 0 rings (SSSR count). The summed E-state index contributed by atoms with van der Waals surface area (Å²) in [7, 11) is 2.10. The molecule has 0 radical (unpaired) electrons. The summed E-state index contributed by atoms with van der Waals surface area (Å²) in [4.78, 5) is 2.24. The Balaban J connectivity index is 3.03. The summed E-state index contributed by atoms with van der Waals surface area (Å²) in [6.45, 7) is 5.80. The Morgan fingerprint density at radius 3 is 2.75 bits per heavy atom. The van der Waals surface area contributed by atoms with E-state index in [-0.39, 0.29) is 0 Å². The van der Waals surface area contributed by atoms with Gasteiger partial charge in [-0.3, -0.25) is 0 Å². The largest absolute Gasteiger partial charge is 0.302 e. The molecule has 0 aromatic carbocycles. The summed E-state index contributed by atoms with van der Waals surface area (Å²) >= 11 is 2.37. The predicted octanol–water partition coefficient (Wildman–Crippen LogP) is 1.54. The van der Waals surface area contributed by atoms with Gasteiger partial charge in [-0.1, -0.05) is 28.7 Å². The van der Waals surface area contributed by atoms with Crippen molar-refractivity contribution in [2.75, 3.05) is 24.6 Å². The minimum atomic E-state index is 1.00. The minimum Gasteiger partial charge on any atom is -0.302 e. The van der Waals surface area contributed by atoms with Gasteiger partial charge in [-0.15, -0.1) is 6.58 Å². The van der Waals surface area contributed by atoms with E-state index in [4.69, 9.17) is 0 Å². The molecule has 0 aliphatic carbocycles. The zero-order chi connectivity index (χ0) is 6.41. The maximum absolute atomic E-state index is 3.64. The molecular weight excluding hydrogens is 213 g/mol. The highest BCUT2D eigenvalue weighted by molar-refractivity contribution is 14.1. The fraction of sp³-hybridized carbons (Fsp3) is 0.667. The van der Waals surface area contributed by atoms with Crippen LogP contribution in [0.4, 0.5) is 0 Å². The Hall–Kier alpha value is 0.430. The monoisotopic (exact) mass is 225 g/mol. The molecule has 0 aromatic heterocycles. The molecule has 0 saturated heterocycles. The fourth-order valence-corrected chi connectivity index (χ4v) is 1.28. The van der Waals surface area contributed by atoms with Gasteiger partial charge in [0.1, 0.15) is 0 Å². The zero-order valence-corrected chi connectivity index (χ0v) is 7.39. The van der Waals surface area contributed by atoms with Crippen molar-refractivity contribution in [1.82, 2.24) is 4.90 Å². The van der Waals surface area contributed by atoms with Gasteiger partial charge in [-0.05, 0) is 7.05 Å². The first-order valence-corrected chi connectivity index (χ1v) is 4.19. The number of nitrogens with zero attached hydrogens (tertiary/aromatic N) is 1. The van der Waals surface area contributed by atoms with Crippen LogP contribution in [0.2, 0.25) is 0 Å². The second-order valence-corrected chi connectivity index (χ2v) is 2.82. The van der Waals surface area contributed by atoms with Crippen LogP contribution in [0.1, 0.15) is 0 Å². The molecule has 0 saturated carbocycles. The lowest BCUT2D eigenvalue weighted by Crippen LogP contribution is -2.19. The summed E-state index contributed by atoms with van der Waals surface area (Å²) in [6, 6.07) is 0. The zero-order valence-electron chi connectivity index (χ0n) is 5.23. The van der Waals surface area contributed by atoms with Crippen molar-refractivity contribution in [2.24, 2.45) is 0 Å². The van der Waals surface area contributed by atoms with Crippen LogP contribution in [-0.4, -0.2) is 29.5 Å². The van der Waals surface area contributed by atoms with Crippen LogP contribution in [0.15, 0.2) is 12.7 Å². The molecular formula is C6H12IN. The maximum Gasteiger partial charge on any atom is 0.0157 e. The second kappa shape index (κ2) is 5.56. The Morgan fingerprint density at radius 2 is 2.38 bits per heavy atom. The van der Waals surface area contributed by atoms with Gasteiger partial charge in [0.05, 0.1) is 0 Å². The topological polar surface area (TPSA) is 3.24 Å². The van der Waals surface area contributed by atoms with Crippen LogP contribution in [-0.2, 0) is 0 Å². The third-order valence-electron chi connectivity index (χ3n) is 0.907. The highest BCUT2D eigenvalue weighted by Crippen LogP contribution is 1.85. The van der Waals surface area contributed by atoms with Crippen molar-refractivity contribution in [1.29, 1.82) is 0 Å². The van der Waals surface area contributed by atoms with E-state index in [1.54, 1.807) is 0 Å². The van der Waals surface area contributed by atoms with Gasteiger partial charge in [-0.25, -0.2) is 0 Å². The normalized spacial score (nSPS) is 9.88. The van der Waals surface area contributed by atoms with E-state index in [2.05, 4.69) is 41.1 Å². The molecule has 0 unspecified atom stereocenters. The molecule has 0 aliphatic rings. The minimum absolute atomic E-state index is 1.00. The molecule has 1 nitrogen and oxygen atoms in total. The van der Waals surface area contributed by atoms with Gasteiger partial charge in [0.2, 0.25) is 0 Å². The molecule has 0 N–H and O–H groups in total. The molecule has 0 bridgehead atoms. The first kappa shape index (κ1) is 8.43. The maximum atomic E-state index is 3.64. The Bertz CT molecular complexity index is 63.5. The average Bonchev–Trinajstić information content (AvgIpc) is 1.68. The average molecular weight is 225 g/mol. The van der Waals surface area contributed by atoms with E-state index in [1.165, 1.54) is 4.43 Å². The Labute approximate surface area is 64.9 Å². The quantitative estimate of drug-likeness (QED) is 0.398. The molecule has 48 valence electrons. The van der Waals surface area contributed by atoms with E-state index in [0.29, 0.717) is 0 Å². The Kier molecular flexibility index (Phi) is 5.86. The molecule has 0 amide bonds. The van der Waals surface area contributed by atoms with E-state index in [0.717, 1.165) is 13.1 Å². The third kappa shape index (κ3) is 4.59. The van der Waals surface area contributed by atoms with Crippen molar-refractivity contribution in [3.8, 4) is 0 Å². The summed E-state index contributed by atoms with van der Waals surface area (Å²) in [6.07, 6.45) is 1.92. The third-order valence-corrected chi connectivity index (χ3v) is 1.39. The number of halogens is 1. The van der Waals surface area contributed by atoms with Crippen molar-refractivity contribution >= 4 is 22.6 Å². The van der Waals surface area contributed by atoms with Crippen LogP contribution in [0.3, 0.4) is 0 Å². The number of hydrogen-bond donors (Lipinski definition) is 0. The number of likely N-dealkylation sites (N-methyl/N-ethyl adjacent to an activating group) is 1. The van der Waals surface area contributed by atoms with Crippen molar-refractivity contribution < 1.29 is 0 Å². The van der Waals surface area contributed by atoms with Gasteiger partial charge in [0.25, 0.3) is 0 Å². The number of hydrogen-bond acceptors (Lipinski definition) is 1. The van der Waals surface area contributed by atoms with Crippen LogP contribution < -0.4 is 0 Å². The van der Waals surface area contributed by atoms with Crippen LogP contribution in [0.5, 0.6) is 0 Å². The highest BCUT2D eigenvalue weighted by Gasteiger charge is 1.89. The van der Waals surface area contributed by atoms with Gasteiger partial charge in [0.15, 0.2) is 0 Å². The first-order valence-electron chi connectivity index (χ1n) is 2.66. The van der Waals surface area contributed by atoms with Crippen molar-refractivity contribution in [2.45, 2.75) is 0 Å².